The van der Waals surface area contributed by atoms with E-state index in [0.717, 1.165) is 17.8 Å². The van der Waals surface area contributed by atoms with Crippen molar-refractivity contribution in [2.75, 3.05) is 0 Å². The van der Waals surface area contributed by atoms with Crippen LogP contribution in [-0.4, -0.2) is 9.38 Å². The number of pyridine rings is 1. The lowest BCUT2D eigenvalue weighted by atomic mass is 9.92. The van der Waals surface area contributed by atoms with Crippen molar-refractivity contribution in [3.05, 3.63) is 34.9 Å². The molecule has 0 aromatic carbocycles. The number of nitrogens with zero attached hydrogens (tertiary/aromatic N) is 2. The number of halogens is 1. The van der Waals surface area contributed by atoms with Gasteiger partial charge in [0.15, 0.2) is 5.15 Å². The van der Waals surface area contributed by atoms with E-state index in [2.05, 4.69) is 43.1 Å². The molecule has 2 heterocycles. The molecule has 0 aliphatic carbocycles. The highest BCUT2D eigenvalue weighted by molar-refractivity contribution is 6.32. The van der Waals surface area contributed by atoms with Crippen LogP contribution in [0.5, 0.6) is 0 Å². The fourth-order valence-corrected chi connectivity index (χ4v) is 2.25. The van der Waals surface area contributed by atoms with Crippen molar-refractivity contribution in [2.24, 2.45) is 5.41 Å². The highest BCUT2D eigenvalue weighted by Gasteiger charge is 2.17. The summed E-state index contributed by atoms with van der Waals surface area (Å²) in [5, 5.41) is 0.609. The molecule has 2 rings (SSSR count). The number of aryl methyl sites for hydroxylation is 1. The van der Waals surface area contributed by atoms with Crippen molar-refractivity contribution in [3.8, 4) is 0 Å². The molecule has 0 saturated heterocycles. The van der Waals surface area contributed by atoms with E-state index in [1.807, 2.05) is 12.3 Å². The maximum absolute atomic E-state index is 6.18. The zero-order valence-corrected chi connectivity index (χ0v) is 11.0. The molecule has 2 aromatic rings. The van der Waals surface area contributed by atoms with Gasteiger partial charge >= 0.3 is 0 Å². The Morgan fingerprint density at radius 2 is 2.06 bits per heavy atom. The maximum atomic E-state index is 6.18. The second-order valence-corrected chi connectivity index (χ2v) is 5.82. The molecule has 0 atom stereocenters. The minimum absolute atomic E-state index is 0.217. The Balaban J connectivity index is 2.60. The van der Waals surface area contributed by atoms with Crippen LogP contribution in [-0.2, 0) is 6.42 Å². The van der Waals surface area contributed by atoms with E-state index in [1.165, 1.54) is 5.56 Å². The Labute approximate surface area is 101 Å². The van der Waals surface area contributed by atoms with Gasteiger partial charge in [0.2, 0.25) is 0 Å². The van der Waals surface area contributed by atoms with Crippen molar-refractivity contribution in [1.82, 2.24) is 9.38 Å². The summed E-state index contributed by atoms with van der Waals surface area (Å²) in [6, 6.07) is 4.09. The van der Waals surface area contributed by atoms with Crippen LogP contribution in [0, 0.1) is 12.3 Å². The molecule has 0 unspecified atom stereocenters. The molecule has 0 N–H and O–H groups in total. The fourth-order valence-electron chi connectivity index (χ4n) is 1.91. The van der Waals surface area contributed by atoms with Gasteiger partial charge in [0.25, 0.3) is 0 Å². The average Bonchev–Trinajstić information content (AvgIpc) is 2.42. The first-order chi connectivity index (χ1) is 7.38. The molecule has 0 saturated carbocycles. The third-order valence-electron chi connectivity index (χ3n) is 2.58. The Morgan fingerprint density at radius 3 is 2.69 bits per heavy atom. The van der Waals surface area contributed by atoms with Gasteiger partial charge in [-0.1, -0.05) is 38.4 Å². The van der Waals surface area contributed by atoms with Crippen molar-refractivity contribution >= 4 is 17.1 Å². The molecule has 3 heteroatoms. The quantitative estimate of drug-likeness (QED) is 0.735. The number of hydrogen-bond donors (Lipinski definition) is 0. The predicted molar refractivity (Wildman–Crippen MR) is 68.1 cm³/mol. The number of rotatable bonds is 1. The van der Waals surface area contributed by atoms with Crippen LogP contribution in [0.15, 0.2) is 18.3 Å². The molecule has 2 aromatic heterocycles. The van der Waals surface area contributed by atoms with Crippen LogP contribution < -0.4 is 0 Å². The van der Waals surface area contributed by atoms with Gasteiger partial charge in [-0.3, -0.25) is 0 Å². The average molecular weight is 237 g/mol. The monoisotopic (exact) mass is 236 g/mol. The van der Waals surface area contributed by atoms with E-state index in [4.69, 9.17) is 11.6 Å². The molecule has 16 heavy (non-hydrogen) atoms. The van der Waals surface area contributed by atoms with Crippen LogP contribution in [0.3, 0.4) is 0 Å². The number of aromatic nitrogens is 2. The third-order valence-corrected chi connectivity index (χ3v) is 2.85. The summed E-state index contributed by atoms with van der Waals surface area (Å²) in [7, 11) is 0. The van der Waals surface area contributed by atoms with Gasteiger partial charge in [-0.25, -0.2) is 4.98 Å². The highest BCUT2D eigenvalue weighted by Crippen LogP contribution is 2.26. The Kier molecular flexibility index (Phi) is 2.70. The zero-order valence-electron chi connectivity index (χ0n) is 10.2. The summed E-state index contributed by atoms with van der Waals surface area (Å²) in [5.74, 6) is 1.04. The summed E-state index contributed by atoms with van der Waals surface area (Å²) in [6.07, 6.45) is 2.95. The molecule has 0 aliphatic rings. The first-order valence-electron chi connectivity index (χ1n) is 5.50. The van der Waals surface area contributed by atoms with E-state index in [9.17, 15) is 0 Å². The van der Waals surface area contributed by atoms with Gasteiger partial charge < -0.3 is 4.40 Å². The van der Waals surface area contributed by atoms with Crippen LogP contribution in [0.25, 0.3) is 5.52 Å². The van der Waals surface area contributed by atoms with Gasteiger partial charge in [-0.2, -0.15) is 0 Å². The molecule has 0 spiro atoms. The Hall–Kier alpha value is -1.02. The van der Waals surface area contributed by atoms with Crippen LogP contribution >= 0.6 is 11.6 Å². The highest BCUT2D eigenvalue weighted by atomic mass is 35.5. The van der Waals surface area contributed by atoms with Gasteiger partial charge in [0, 0.05) is 12.6 Å². The fraction of sp³-hybridized carbons (Fsp3) is 0.462. The second-order valence-electron chi connectivity index (χ2n) is 5.47. The Bertz CT molecular complexity index is 520. The van der Waals surface area contributed by atoms with Gasteiger partial charge in [-0.15, -0.1) is 0 Å². The van der Waals surface area contributed by atoms with Gasteiger partial charge in [0.05, 0.1) is 5.52 Å². The van der Waals surface area contributed by atoms with E-state index in [1.54, 1.807) is 0 Å². The molecule has 0 bridgehead atoms. The van der Waals surface area contributed by atoms with Crippen LogP contribution in [0.1, 0.15) is 32.2 Å². The van der Waals surface area contributed by atoms with Crippen LogP contribution in [0.4, 0.5) is 0 Å². The summed E-state index contributed by atoms with van der Waals surface area (Å²) in [6.45, 7) is 8.68. The first-order valence-corrected chi connectivity index (χ1v) is 5.88. The molecule has 86 valence electrons. The normalized spacial score (nSPS) is 12.3. The second kappa shape index (κ2) is 3.77. The molecule has 0 aliphatic heterocycles. The first kappa shape index (κ1) is 11.5. The SMILES string of the molecule is Cc1cccn2c(CC(C)(C)C)nc(Cl)c12. The van der Waals surface area contributed by atoms with Crippen molar-refractivity contribution in [1.29, 1.82) is 0 Å². The summed E-state index contributed by atoms with van der Waals surface area (Å²) in [5.41, 5.74) is 2.41. The summed E-state index contributed by atoms with van der Waals surface area (Å²) >= 11 is 6.18. The summed E-state index contributed by atoms with van der Waals surface area (Å²) < 4.78 is 2.10. The topological polar surface area (TPSA) is 17.3 Å². The minimum atomic E-state index is 0.217. The molecular formula is C13H17ClN2. The molecule has 0 amide bonds. The van der Waals surface area contributed by atoms with Gasteiger partial charge in [-0.05, 0) is 24.0 Å². The van der Waals surface area contributed by atoms with Crippen molar-refractivity contribution < 1.29 is 0 Å². The lowest BCUT2D eigenvalue weighted by Gasteiger charge is -2.16. The number of imidazole rings is 1. The molecule has 0 radical (unpaired) electrons. The standard InChI is InChI=1S/C13H17ClN2/c1-9-6-5-7-16-10(8-13(2,3)4)15-12(14)11(9)16/h5-7H,8H2,1-4H3. The lowest BCUT2D eigenvalue weighted by molar-refractivity contribution is 0.400. The molecule has 2 nitrogen and oxygen atoms in total. The smallest absolute Gasteiger partial charge is 0.155 e. The lowest BCUT2D eigenvalue weighted by Crippen LogP contribution is -2.11. The molecule has 0 fully saturated rings. The van der Waals surface area contributed by atoms with E-state index in [-0.39, 0.29) is 5.41 Å². The minimum Gasteiger partial charge on any atom is -0.302 e. The number of hydrogen-bond acceptors (Lipinski definition) is 1. The molecular weight excluding hydrogens is 220 g/mol. The van der Waals surface area contributed by atoms with Crippen LogP contribution in [0.2, 0.25) is 5.15 Å². The van der Waals surface area contributed by atoms with Gasteiger partial charge in [0.1, 0.15) is 5.82 Å². The van der Waals surface area contributed by atoms with E-state index >= 15 is 0 Å². The zero-order chi connectivity index (χ0) is 11.9. The number of fused-ring (bicyclic) bond motifs is 1. The van der Waals surface area contributed by atoms with Crippen molar-refractivity contribution in [2.45, 2.75) is 34.1 Å². The predicted octanol–water partition coefficient (Wildman–Crippen LogP) is 3.88. The largest absolute Gasteiger partial charge is 0.302 e. The van der Waals surface area contributed by atoms with E-state index in [0.29, 0.717) is 5.15 Å². The maximum Gasteiger partial charge on any atom is 0.155 e. The third kappa shape index (κ3) is 2.07. The summed E-state index contributed by atoms with van der Waals surface area (Å²) in [4.78, 5) is 4.46. The van der Waals surface area contributed by atoms with E-state index < -0.39 is 0 Å². The Morgan fingerprint density at radius 1 is 1.38 bits per heavy atom. The van der Waals surface area contributed by atoms with Crippen molar-refractivity contribution in [3.63, 3.8) is 0 Å².